The topological polar surface area (TPSA) is 0 Å². The summed E-state index contributed by atoms with van der Waals surface area (Å²) in [5.74, 6) is 7.02. The lowest BCUT2D eigenvalue weighted by molar-refractivity contribution is 0.856. The van der Waals surface area contributed by atoms with Crippen molar-refractivity contribution < 1.29 is 0 Å². The Morgan fingerprint density at radius 2 is 1.37 bits per heavy atom. The van der Waals surface area contributed by atoms with E-state index in [2.05, 4.69) is 82.0 Å². The van der Waals surface area contributed by atoms with E-state index >= 15 is 0 Å². The molecule has 0 aliphatic carbocycles. The Labute approximate surface area is 116 Å². The summed E-state index contributed by atoms with van der Waals surface area (Å²) in [6, 6.07) is 14.8. The second-order valence-corrected chi connectivity index (χ2v) is 5.34. The van der Waals surface area contributed by atoms with Gasteiger partial charge >= 0.3 is 0 Å². The molecular formula is C19H20. The van der Waals surface area contributed by atoms with Gasteiger partial charge in [-0.05, 0) is 55.2 Å². The fourth-order valence-electron chi connectivity index (χ4n) is 2.12. The van der Waals surface area contributed by atoms with E-state index in [1.165, 1.54) is 16.7 Å². The zero-order valence-corrected chi connectivity index (χ0v) is 12.1. The average Bonchev–Trinajstić information content (AvgIpc) is 2.39. The maximum atomic E-state index is 3.25. The molecule has 2 aromatic rings. The summed E-state index contributed by atoms with van der Waals surface area (Å²) in [4.78, 5) is 0. The van der Waals surface area contributed by atoms with Crippen LogP contribution in [-0.4, -0.2) is 0 Å². The summed E-state index contributed by atoms with van der Waals surface area (Å²) in [5.41, 5.74) is 6.15. The maximum Gasteiger partial charge on any atom is 0.0252 e. The summed E-state index contributed by atoms with van der Waals surface area (Å²) in [6.45, 7) is 8.69. The second kappa shape index (κ2) is 5.76. The third-order valence-corrected chi connectivity index (χ3v) is 3.30. The molecule has 0 heterocycles. The molecule has 0 aliphatic heterocycles. The molecule has 96 valence electrons. The Morgan fingerprint density at radius 1 is 0.789 bits per heavy atom. The van der Waals surface area contributed by atoms with Crippen LogP contribution in [0.15, 0.2) is 42.5 Å². The van der Waals surface area contributed by atoms with E-state index in [0.29, 0.717) is 5.92 Å². The molecule has 0 heteroatoms. The minimum absolute atomic E-state index is 0.543. The van der Waals surface area contributed by atoms with Gasteiger partial charge in [-0.3, -0.25) is 0 Å². The summed E-state index contributed by atoms with van der Waals surface area (Å²) in [6.07, 6.45) is 0. The van der Waals surface area contributed by atoms with Crippen LogP contribution in [0.2, 0.25) is 0 Å². The predicted molar refractivity (Wildman–Crippen MR) is 82.4 cm³/mol. The third kappa shape index (κ3) is 3.48. The van der Waals surface area contributed by atoms with Crippen LogP contribution in [0.3, 0.4) is 0 Å². The number of hydrogen-bond donors (Lipinski definition) is 0. The van der Waals surface area contributed by atoms with E-state index in [4.69, 9.17) is 0 Å². The standard InChI is InChI=1S/C19H20/c1-14(2)19-13-18(10-7-16(19)4)12-11-17-8-5-15(3)6-9-17/h5-10,13-14H,1-4H3. The molecule has 0 spiro atoms. The molecule has 0 radical (unpaired) electrons. The molecule has 0 fully saturated rings. The van der Waals surface area contributed by atoms with Gasteiger partial charge in [-0.2, -0.15) is 0 Å². The van der Waals surface area contributed by atoms with E-state index in [1.807, 2.05) is 0 Å². The van der Waals surface area contributed by atoms with E-state index in [-0.39, 0.29) is 0 Å². The summed E-state index contributed by atoms with van der Waals surface area (Å²) < 4.78 is 0. The van der Waals surface area contributed by atoms with Crippen LogP contribution in [0.5, 0.6) is 0 Å². The quantitative estimate of drug-likeness (QED) is 0.634. The molecule has 19 heavy (non-hydrogen) atoms. The van der Waals surface area contributed by atoms with Gasteiger partial charge in [0.1, 0.15) is 0 Å². The van der Waals surface area contributed by atoms with Crippen LogP contribution in [-0.2, 0) is 0 Å². The van der Waals surface area contributed by atoms with Crippen LogP contribution < -0.4 is 0 Å². The van der Waals surface area contributed by atoms with Crippen molar-refractivity contribution in [2.24, 2.45) is 0 Å². The Balaban J connectivity index is 2.29. The van der Waals surface area contributed by atoms with Crippen molar-refractivity contribution >= 4 is 0 Å². The van der Waals surface area contributed by atoms with Crippen LogP contribution in [0.4, 0.5) is 0 Å². The average molecular weight is 248 g/mol. The monoisotopic (exact) mass is 248 g/mol. The van der Waals surface area contributed by atoms with Crippen LogP contribution in [0, 0.1) is 25.7 Å². The molecule has 0 bridgehead atoms. The van der Waals surface area contributed by atoms with Crippen molar-refractivity contribution in [1.29, 1.82) is 0 Å². The van der Waals surface area contributed by atoms with Gasteiger partial charge in [0, 0.05) is 11.1 Å². The van der Waals surface area contributed by atoms with Gasteiger partial charge in [0.15, 0.2) is 0 Å². The highest BCUT2D eigenvalue weighted by molar-refractivity contribution is 5.46. The van der Waals surface area contributed by atoms with Crippen molar-refractivity contribution in [2.45, 2.75) is 33.6 Å². The largest absolute Gasteiger partial charge is 0.0617 e. The Bertz CT molecular complexity index is 619. The van der Waals surface area contributed by atoms with Crippen LogP contribution in [0.1, 0.15) is 47.6 Å². The Hall–Kier alpha value is -2.00. The smallest absolute Gasteiger partial charge is 0.0252 e. The highest BCUT2D eigenvalue weighted by atomic mass is 14.1. The van der Waals surface area contributed by atoms with Gasteiger partial charge < -0.3 is 0 Å². The van der Waals surface area contributed by atoms with Crippen LogP contribution >= 0.6 is 0 Å². The molecule has 0 aromatic heterocycles. The highest BCUT2D eigenvalue weighted by Gasteiger charge is 2.03. The molecule has 0 aliphatic rings. The Morgan fingerprint density at radius 3 is 2.00 bits per heavy atom. The first-order valence-corrected chi connectivity index (χ1v) is 6.75. The first-order chi connectivity index (χ1) is 9.06. The van der Waals surface area contributed by atoms with E-state index in [9.17, 15) is 0 Å². The van der Waals surface area contributed by atoms with Crippen molar-refractivity contribution in [3.63, 3.8) is 0 Å². The first-order valence-electron chi connectivity index (χ1n) is 6.75. The van der Waals surface area contributed by atoms with Gasteiger partial charge in [-0.15, -0.1) is 0 Å². The van der Waals surface area contributed by atoms with Crippen LogP contribution in [0.25, 0.3) is 0 Å². The van der Waals surface area contributed by atoms with Crippen molar-refractivity contribution in [1.82, 2.24) is 0 Å². The maximum absolute atomic E-state index is 3.25. The lowest BCUT2D eigenvalue weighted by Crippen LogP contribution is -1.92. The lowest BCUT2D eigenvalue weighted by Gasteiger charge is -2.09. The molecule has 0 saturated carbocycles. The van der Waals surface area contributed by atoms with Gasteiger partial charge in [0.05, 0.1) is 0 Å². The zero-order valence-electron chi connectivity index (χ0n) is 12.1. The summed E-state index contributed by atoms with van der Waals surface area (Å²) >= 11 is 0. The molecule has 0 saturated heterocycles. The van der Waals surface area contributed by atoms with Gasteiger partial charge in [0.25, 0.3) is 0 Å². The van der Waals surface area contributed by atoms with E-state index in [0.717, 1.165) is 11.1 Å². The number of aryl methyl sites for hydroxylation is 2. The van der Waals surface area contributed by atoms with Gasteiger partial charge in [-0.1, -0.05) is 49.5 Å². The predicted octanol–water partition coefficient (Wildman–Crippen LogP) is 4.83. The number of rotatable bonds is 1. The number of benzene rings is 2. The van der Waals surface area contributed by atoms with Crippen molar-refractivity contribution in [2.75, 3.05) is 0 Å². The Kier molecular flexibility index (Phi) is 4.07. The summed E-state index contributed by atoms with van der Waals surface area (Å²) in [7, 11) is 0. The SMILES string of the molecule is Cc1ccc(C#Cc2ccc(C)c(C(C)C)c2)cc1. The molecule has 0 atom stereocenters. The van der Waals surface area contributed by atoms with Crippen molar-refractivity contribution in [3.05, 3.63) is 70.3 Å². The summed E-state index contributed by atoms with van der Waals surface area (Å²) in [5, 5.41) is 0. The molecule has 0 unspecified atom stereocenters. The van der Waals surface area contributed by atoms with Crippen molar-refractivity contribution in [3.8, 4) is 11.8 Å². The molecule has 0 amide bonds. The molecule has 2 aromatic carbocycles. The number of hydrogen-bond acceptors (Lipinski definition) is 0. The van der Waals surface area contributed by atoms with Gasteiger partial charge in [0.2, 0.25) is 0 Å². The third-order valence-electron chi connectivity index (χ3n) is 3.30. The van der Waals surface area contributed by atoms with E-state index in [1.54, 1.807) is 0 Å². The first kappa shape index (κ1) is 13.4. The fraction of sp³-hybridized carbons (Fsp3) is 0.263. The second-order valence-electron chi connectivity index (χ2n) is 5.34. The highest BCUT2D eigenvalue weighted by Crippen LogP contribution is 2.20. The minimum Gasteiger partial charge on any atom is -0.0617 e. The zero-order chi connectivity index (χ0) is 13.8. The molecule has 0 nitrogen and oxygen atoms in total. The normalized spacial score (nSPS) is 10.2. The molecule has 2 rings (SSSR count). The van der Waals surface area contributed by atoms with E-state index < -0.39 is 0 Å². The minimum atomic E-state index is 0.543. The molecular weight excluding hydrogens is 228 g/mol. The molecule has 0 N–H and O–H groups in total. The fourth-order valence-corrected chi connectivity index (χ4v) is 2.12. The lowest BCUT2D eigenvalue weighted by atomic mass is 9.96. The van der Waals surface area contributed by atoms with Gasteiger partial charge in [-0.25, -0.2) is 0 Å².